The van der Waals surface area contributed by atoms with Crippen LogP contribution in [0.25, 0.3) is 22.4 Å². The van der Waals surface area contributed by atoms with Crippen LogP contribution < -0.4 is 4.74 Å². The predicted molar refractivity (Wildman–Crippen MR) is 128 cm³/mol. The number of carboxylic acid groups (broad SMARTS) is 1. The Morgan fingerprint density at radius 2 is 1.89 bits per heavy atom. The molecule has 194 valence electrons. The first kappa shape index (κ1) is 25.0. The van der Waals surface area contributed by atoms with Gasteiger partial charge in [0.05, 0.1) is 11.1 Å². The molecule has 0 radical (unpaired) electrons. The lowest BCUT2D eigenvalue weighted by atomic mass is 9.96. The summed E-state index contributed by atoms with van der Waals surface area (Å²) in [5.74, 6) is -5.92. The van der Waals surface area contributed by atoms with E-state index in [9.17, 15) is 18.0 Å². The Kier molecular flexibility index (Phi) is 6.58. The summed E-state index contributed by atoms with van der Waals surface area (Å²) in [7, 11) is 0. The fourth-order valence-electron chi connectivity index (χ4n) is 4.08. The number of aromatic nitrogens is 3. The zero-order valence-corrected chi connectivity index (χ0v) is 19.8. The molecule has 7 nitrogen and oxygen atoms in total. The van der Waals surface area contributed by atoms with E-state index in [0.29, 0.717) is 0 Å². The monoisotopic (exact) mass is 525 g/mol. The molecule has 5 rings (SSSR count). The van der Waals surface area contributed by atoms with Gasteiger partial charge in [0, 0.05) is 30.0 Å². The number of aliphatic carboxylic acids is 1. The molecular weight excluding hydrogens is 506 g/mol. The number of nitrogens with zero attached hydrogens (tertiary/aromatic N) is 2. The van der Waals surface area contributed by atoms with Crippen LogP contribution in [0.15, 0.2) is 59.3 Å². The number of H-pyrrole nitrogens is 1. The summed E-state index contributed by atoms with van der Waals surface area (Å²) in [6.07, 6.45) is 1.24. The number of fused-ring (bicyclic) bond motifs is 1. The number of nitrogens with one attached hydrogen (secondary N) is 1. The fraction of sp³-hybridized carbons (Fsp3) is 0.148. The number of aryl methyl sites for hydroxylation is 1. The number of carboxylic acids is 1. The molecule has 0 amide bonds. The van der Waals surface area contributed by atoms with E-state index in [1.807, 2.05) is 0 Å². The lowest BCUT2D eigenvalue weighted by molar-refractivity contribution is -0.136. The third kappa shape index (κ3) is 4.70. The highest BCUT2D eigenvalue weighted by molar-refractivity contribution is 5.82. The summed E-state index contributed by atoms with van der Waals surface area (Å²) in [5.41, 5.74) is 0.508. The fourth-order valence-corrected chi connectivity index (χ4v) is 4.08. The average Bonchev–Trinajstić information content (AvgIpc) is 3.56. The van der Waals surface area contributed by atoms with Crippen LogP contribution in [-0.4, -0.2) is 26.2 Å². The SMILES string of the molecule is CC(c1noc(-c2cc(Oc3c(F)cc4[nH]ccc4c3F)ccc2F)n1)c1cccc(CCC(=O)O)c1F. The van der Waals surface area contributed by atoms with Gasteiger partial charge in [0.15, 0.2) is 23.2 Å². The Balaban J connectivity index is 1.43. The number of halogens is 4. The van der Waals surface area contributed by atoms with E-state index in [-0.39, 0.29) is 57.9 Å². The van der Waals surface area contributed by atoms with Crippen LogP contribution in [0, 0.1) is 23.3 Å². The molecule has 0 aliphatic heterocycles. The maximum Gasteiger partial charge on any atom is 0.303 e. The second-order valence-corrected chi connectivity index (χ2v) is 8.58. The third-order valence-corrected chi connectivity index (χ3v) is 6.10. The lowest BCUT2D eigenvalue weighted by Crippen LogP contribution is -2.06. The first-order valence-corrected chi connectivity index (χ1v) is 11.5. The molecular formula is C27H19F4N3O4. The van der Waals surface area contributed by atoms with Gasteiger partial charge < -0.3 is 19.4 Å². The molecule has 2 heterocycles. The summed E-state index contributed by atoms with van der Waals surface area (Å²) >= 11 is 0. The van der Waals surface area contributed by atoms with Crippen LogP contribution in [0.5, 0.6) is 11.5 Å². The number of rotatable bonds is 8. The van der Waals surface area contributed by atoms with E-state index in [1.165, 1.54) is 30.5 Å². The van der Waals surface area contributed by atoms with Crippen LogP contribution in [0.4, 0.5) is 17.6 Å². The van der Waals surface area contributed by atoms with Gasteiger partial charge in [-0.3, -0.25) is 4.79 Å². The minimum atomic E-state index is -1.05. The lowest BCUT2D eigenvalue weighted by Gasteiger charge is -2.11. The van der Waals surface area contributed by atoms with Gasteiger partial charge in [-0.15, -0.1) is 0 Å². The average molecular weight is 525 g/mol. The summed E-state index contributed by atoms with van der Waals surface area (Å²) in [4.78, 5) is 17.8. The van der Waals surface area contributed by atoms with Crippen molar-refractivity contribution in [2.24, 2.45) is 0 Å². The second-order valence-electron chi connectivity index (χ2n) is 8.58. The van der Waals surface area contributed by atoms with Gasteiger partial charge in [0.25, 0.3) is 5.89 Å². The van der Waals surface area contributed by atoms with Crippen molar-refractivity contribution in [1.82, 2.24) is 15.1 Å². The van der Waals surface area contributed by atoms with Crippen LogP contribution in [0.1, 0.15) is 36.2 Å². The largest absolute Gasteiger partial charge is 0.481 e. The highest BCUT2D eigenvalue weighted by atomic mass is 19.1. The Bertz CT molecular complexity index is 1660. The smallest absolute Gasteiger partial charge is 0.303 e. The minimum absolute atomic E-state index is 0.00936. The molecule has 1 atom stereocenters. The van der Waals surface area contributed by atoms with Crippen molar-refractivity contribution < 1.29 is 36.7 Å². The molecule has 0 saturated carbocycles. The summed E-state index contributed by atoms with van der Waals surface area (Å²) in [6, 6.07) is 10.5. The topological polar surface area (TPSA) is 101 Å². The number of carbonyl (C=O) groups is 1. The predicted octanol–water partition coefficient (Wildman–Crippen LogP) is 6.74. The summed E-state index contributed by atoms with van der Waals surface area (Å²) in [5, 5.41) is 12.9. The van der Waals surface area contributed by atoms with E-state index in [1.54, 1.807) is 13.0 Å². The van der Waals surface area contributed by atoms with Crippen LogP contribution in [-0.2, 0) is 11.2 Å². The van der Waals surface area contributed by atoms with Crippen molar-refractivity contribution in [3.63, 3.8) is 0 Å². The van der Waals surface area contributed by atoms with Crippen molar-refractivity contribution in [2.75, 3.05) is 0 Å². The van der Waals surface area contributed by atoms with Crippen molar-refractivity contribution >= 4 is 16.9 Å². The Morgan fingerprint density at radius 3 is 2.68 bits per heavy atom. The maximum atomic E-state index is 15.0. The summed E-state index contributed by atoms with van der Waals surface area (Å²) < 4.78 is 69.6. The van der Waals surface area contributed by atoms with Gasteiger partial charge in [-0.1, -0.05) is 30.3 Å². The molecule has 2 N–H and O–H groups in total. The zero-order valence-electron chi connectivity index (χ0n) is 19.8. The standard InChI is InChI=1S/C27H19F4N3O4/c1-13(16-4-2-3-14(23(16)30)5-8-22(35)36)26-33-27(38-34-26)18-11-15(6-7-19(18)28)37-25-20(29)12-21-17(24(25)31)9-10-32-21/h2-4,6-7,9-13,32H,5,8H2,1H3,(H,35,36). The number of hydrogen-bond donors (Lipinski definition) is 2. The normalized spacial score (nSPS) is 12.1. The van der Waals surface area contributed by atoms with Gasteiger partial charge in [0.2, 0.25) is 0 Å². The number of hydrogen-bond acceptors (Lipinski definition) is 5. The molecule has 0 aliphatic carbocycles. The Labute approximate surface area is 212 Å². The van der Waals surface area contributed by atoms with Gasteiger partial charge in [0.1, 0.15) is 17.4 Å². The van der Waals surface area contributed by atoms with Crippen LogP contribution in [0.3, 0.4) is 0 Å². The molecule has 3 aromatic carbocycles. The Morgan fingerprint density at radius 1 is 1.08 bits per heavy atom. The highest BCUT2D eigenvalue weighted by Crippen LogP contribution is 2.35. The van der Waals surface area contributed by atoms with E-state index < -0.39 is 40.9 Å². The minimum Gasteiger partial charge on any atom is -0.481 e. The van der Waals surface area contributed by atoms with Crippen LogP contribution in [0.2, 0.25) is 0 Å². The van der Waals surface area contributed by atoms with Gasteiger partial charge >= 0.3 is 5.97 Å². The molecule has 0 aliphatic rings. The van der Waals surface area contributed by atoms with Crippen LogP contribution >= 0.6 is 0 Å². The Hall–Kier alpha value is -4.67. The molecule has 0 spiro atoms. The first-order valence-electron chi connectivity index (χ1n) is 11.5. The molecule has 2 aromatic heterocycles. The molecule has 0 fully saturated rings. The second kappa shape index (κ2) is 10.0. The molecule has 0 bridgehead atoms. The number of benzene rings is 3. The first-order chi connectivity index (χ1) is 18.2. The van der Waals surface area contributed by atoms with Crippen molar-refractivity contribution in [2.45, 2.75) is 25.7 Å². The van der Waals surface area contributed by atoms with E-state index in [0.717, 1.165) is 18.2 Å². The van der Waals surface area contributed by atoms with Crippen molar-refractivity contribution in [1.29, 1.82) is 0 Å². The van der Waals surface area contributed by atoms with Gasteiger partial charge in [-0.25, -0.2) is 17.6 Å². The van der Waals surface area contributed by atoms with E-state index in [4.69, 9.17) is 14.4 Å². The maximum absolute atomic E-state index is 15.0. The zero-order chi connectivity index (χ0) is 27.0. The molecule has 38 heavy (non-hydrogen) atoms. The van der Waals surface area contributed by atoms with Crippen molar-refractivity contribution in [3.8, 4) is 23.0 Å². The van der Waals surface area contributed by atoms with E-state index >= 15 is 4.39 Å². The molecule has 5 aromatic rings. The third-order valence-electron chi connectivity index (χ3n) is 6.10. The van der Waals surface area contributed by atoms with E-state index in [2.05, 4.69) is 15.1 Å². The molecule has 11 heteroatoms. The summed E-state index contributed by atoms with van der Waals surface area (Å²) in [6.45, 7) is 1.62. The van der Waals surface area contributed by atoms with Gasteiger partial charge in [-0.2, -0.15) is 4.98 Å². The highest BCUT2D eigenvalue weighted by Gasteiger charge is 2.23. The molecule has 1 unspecified atom stereocenters. The number of ether oxygens (including phenoxy) is 1. The van der Waals surface area contributed by atoms with Crippen molar-refractivity contribution in [3.05, 3.63) is 94.9 Å². The quantitative estimate of drug-likeness (QED) is 0.218. The molecule has 0 saturated heterocycles. The number of aromatic amines is 1. The van der Waals surface area contributed by atoms with Gasteiger partial charge in [-0.05, 0) is 41.8 Å².